The minimum absolute atomic E-state index is 0.122. The molecule has 4 heteroatoms. The Kier molecular flexibility index (Phi) is 3.49. The summed E-state index contributed by atoms with van der Waals surface area (Å²) >= 11 is 5.82. The summed E-state index contributed by atoms with van der Waals surface area (Å²) in [5.41, 5.74) is 6.39. The van der Waals surface area contributed by atoms with Crippen LogP contribution in [0.15, 0.2) is 42.5 Å². The van der Waals surface area contributed by atoms with Gasteiger partial charge in [-0.1, -0.05) is 23.7 Å². The molecule has 0 bridgehead atoms. The Morgan fingerprint density at radius 3 is 2.71 bits per heavy atom. The molecule has 0 amide bonds. The molecule has 0 saturated carbocycles. The molecule has 17 heavy (non-hydrogen) atoms. The first-order valence-corrected chi connectivity index (χ1v) is 5.45. The molecule has 2 aromatic rings. The van der Waals surface area contributed by atoms with E-state index in [1.165, 1.54) is 6.07 Å². The fraction of sp³-hybridized carbons (Fsp3) is 0.0769. The lowest BCUT2D eigenvalue weighted by Crippen LogP contribution is -1.98. The molecule has 0 saturated heterocycles. The Labute approximate surface area is 104 Å². The molecule has 0 spiro atoms. The second kappa shape index (κ2) is 5.06. The predicted molar refractivity (Wildman–Crippen MR) is 66.6 cm³/mol. The molecular weight excluding hydrogens is 241 g/mol. The zero-order valence-electron chi connectivity index (χ0n) is 8.99. The summed E-state index contributed by atoms with van der Waals surface area (Å²) in [6, 6.07) is 11.6. The van der Waals surface area contributed by atoms with Crippen LogP contribution in [0.4, 0.5) is 10.1 Å². The second-order valence-corrected chi connectivity index (χ2v) is 4.04. The first-order valence-electron chi connectivity index (χ1n) is 5.07. The van der Waals surface area contributed by atoms with Crippen LogP contribution in [0.25, 0.3) is 0 Å². The minimum Gasteiger partial charge on any atom is -0.489 e. The van der Waals surface area contributed by atoms with Crippen LogP contribution >= 0.6 is 11.6 Å². The fourth-order valence-corrected chi connectivity index (χ4v) is 1.59. The molecule has 2 N–H and O–H groups in total. The molecule has 0 aromatic heterocycles. The maximum absolute atomic E-state index is 12.9. The summed E-state index contributed by atoms with van der Waals surface area (Å²) in [4.78, 5) is 0. The summed E-state index contributed by atoms with van der Waals surface area (Å²) in [5.74, 6) is 0.247. The van der Waals surface area contributed by atoms with Gasteiger partial charge in [0, 0.05) is 5.02 Å². The van der Waals surface area contributed by atoms with Crippen molar-refractivity contribution in [2.24, 2.45) is 0 Å². The molecule has 0 fully saturated rings. The highest BCUT2D eigenvalue weighted by Crippen LogP contribution is 2.19. The summed E-state index contributed by atoms with van der Waals surface area (Å²) in [7, 11) is 0. The maximum atomic E-state index is 12.9. The number of rotatable bonds is 3. The average Bonchev–Trinajstić information content (AvgIpc) is 2.31. The van der Waals surface area contributed by atoms with E-state index < -0.39 is 5.82 Å². The van der Waals surface area contributed by atoms with Crippen molar-refractivity contribution in [2.75, 3.05) is 5.73 Å². The summed E-state index contributed by atoms with van der Waals surface area (Å²) in [6.07, 6.45) is 0. The van der Waals surface area contributed by atoms with Crippen LogP contribution in [0.1, 0.15) is 5.56 Å². The van der Waals surface area contributed by atoms with Gasteiger partial charge in [0.25, 0.3) is 0 Å². The van der Waals surface area contributed by atoms with Gasteiger partial charge in [0.05, 0.1) is 5.69 Å². The number of anilines is 1. The lowest BCUT2D eigenvalue weighted by molar-refractivity contribution is 0.306. The normalized spacial score (nSPS) is 10.2. The van der Waals surface area contributed by atoms with Gasteiger partial charge >= 0.3 is 0 Å². The van der Waals surface area contributed by atoms with E-state index in [0.29, 0.717) is 17.4 Å². The molecule has 0 heterocycles. The third-order valence-electron chi connectivity index (χ3n) is 2.26. The Morgan fingerprint density at radius 2 is 2.00 bits per heavy atom. The van der Waals surface area contributed by atoms with Gasteiger partial charge in [0.15, 0.2) is 0 Å². The predicted octanol–water partition coefficient (Wildman–Crippen LogP) is 3.64. The number of nitrogen functional groups attached to an aromatic ring is 1. The topological polar surface area (TPSA) is 35.2 Å². The fourth-order valence-electron chi connectivity index (χ4n) is 1.41. The van der Waals surface area contributed by atoms with Crippen LogP contribution < -0.4 is 10.5 Å². The van der Waals surface area contributed by atoms with Crippen molar-refractivity contribution in [3.63, 3.8) is 0 Å². The molecule has 88 valence electrons. The highest BCUT2D eigenvalue weighted by atomic mass is 35.5. The zero-order chi connectivity index (χ0) is 12.3. The SMILES string of the molecule is Nc1cc(COc2cccc(Cl)c2)ccc1F. The van der Waals surface area contributed by atoms with E-state index >= 15 is 0 Å². The summed E-state index contributed by atoms with van der Waals surface area (Å²) < 4.78 is 18.4. The molecule has 2 rings (SSSR count). The van der Waals surface area contributed by atoms with Crippen LogP contribution in [0, 0.1) is 5.82 Å². The van der Waals surface area contributed by atoms with Gasteiger partial charge in [-0.2, -0.15) is 0 Å². The standard InChI is InChI=1S/C13H11ClFNO/c14-10-2-1-3-11(7-10)17-8-9-4-5-12(15)13(16)6-9/h1-7H,8,16H2. The van der Waals surface area contributed by atoms with Crippen molar-refractivity contribution in [3.8, 4) is 5.75 Å². The molecule has 0 radical (unpaired) electrons. The highest BCUT2D eigenvalue weighted by molar-refractivity contribution is 6.30. The van der Waals surface area contributed by atoms with Crippen LogP contribution in [0.2, 0.25) is 5.02 Å². The first-order chi connectivity index (χ1) is 8.15. The Hall–Kier alpha value is -1.74. The Balaban J connectivity index is 2.05. The molecule has 2 nitrogen and oxygen atoms in total. The van der Waals surface area contributed by atoms with E-state index in [1.54, 1.807) is 36.4 Å². The van der Waals surface area contributed by atoms with Gasteiger partial charge in [0.1, 0.15) is 18.2 Å². The average molecular weight is 252 g/mol. The number of hydrogen-bond donors (Lipinski definition) is 1. The van der Waals surface area contributed by atoms with Crippen LogP contribution in [0.3, 0.4) is 0 Å². The van der Waals surface area contributed by atoms with Gasteiger partial charge in [-0.25, -0.2) is 4.39 Å². The van der Waals surface area contributed by atoms with E-state index in [2.05, 4.69) is 0 Å². The zero-order valence-corrected chi connectivity index (χ0v) is 9.75. The smallest absolute Gasteiger partial charge is 0.146 e. The molecule has 0 unspecified atom stereocenters. The number of hydrogen-bond acceptors (Lipinski definition) is 2. The third kappa shape index (κ3) is 3.11. The number of ether oxygens (including phenoxy) is 1. The van der Waals surface area contributed by atoms with Crippen molar-refractivity contribution >= 4 is 17.3 Å². The Morgan fingerprint density at radius 1 is 1.18 bits per heavy atom. The van der Waals surface area contributed by atoms with Crippen molar-refractivity contribution in [1.82, 2.24) is 0 Å². The molecular formula is C13H11ClFNO. The largest absolute Gasteiger partial charge is 0.489 e. The van der Waals surface area contributed by atoms with Crippen molar-refractivity contribution in [3.05, 3.63) is 58.9 Å². The summed E-state index contributed by atoms with van der Waals surface area (Å²) in [6.45, 7) is 0.324. The van der Waals surface area contributed by atoms with E-state index in [0.717, 1.165) is 5.56 Å². The molecule has 2 aromatic carbocycles. The lowest BCUT2D eigenvalue weighted by Gasteiger charge is -2.07. The van der Waals surface area contributed by atoms with Gasteiger partial charge in [-0.15, -0.1) is 0 Å². The van der Waals surface area contributed by atoms with Crippen LogP contribution in [-0.4, -0.2) is 0 Å². The maximum Gasteiger partial charge on any atom is 0.146 e. The number of benzene rings is 2. The Bertz CT molecular complexity index is 531. The van der Waals surface area contributed by atoms with Crippen LogP contribution in [0.5, 0.6) is 5.75 Å². The number of nitrogens with two attached hydrogens (primary N) is 1. The van der Waals surface area contributed by atoms with Gasteiger partial charge in [-0.05, 0) is 35.9 Å². The lowest BCUT2D eigenvalue weighted by atomic mass is 10.2. The van der Waals surface area contributed by atoms with Gasteiger partial charge in [0.2, 0.25) is 0 Å². The molecule has 0 atom stereocenters. The highest BCUT2D eigenvalue weighted by Gasteiger charge is 2.01. The minimum atomic E-state index is -0.420. The van der Waals surface area contributed by atoms with E-state index in [-0.39, 0.29) is 5.69 Å². The van der Waals surface area contributed by atoms with Crippen molar-refractivity contribution < 1.29 is 9.13 Å². The third-order valence-corrected chi connectivity index (χ3v) is 2.50. The van der Waals surface area contributed by atoms with Gasteiger partial charge < -0.3 is 10.5 Å². The van der Waals surface area contributed by atoms with Crippen molar-refractivity contribution in [1.29, 1.82) is 0 Å². The first kappa shape index (κ1) is 11.7. The molecule has 0 aliphatic carbocycles. The van der Waals surface area contributed by atoms with Crippen molar-refractivity contribution in [2.45, 2.75) is 6.61 Å². The van der Waals surface area contributed by atoms with Crippen LogP contribution in [-0.2, 0) is 6.61 Å². The quantitative estimate of drug-likeness (QED) is 0.846. The van der Waals surface area contributed by atoms with Gasteiger partial charge in [-0.3, -0.25) is 0 Å². The molecule has 0 aliphatic rings. The number of halogens is 2. The van der Waals surface area contributed by atoms with E-state index in [4.69, 9.17) is 22.1 Å². The second-order valence-electron chi connectivity index (χ2n) is 3.60. The molecule has 0 aliphatic heterocycles. The van der Waals surface area contributed by atoms with E-state index in [9.17, 15) is 4.39 Å². The van der Waals surface area contributed by atoms with E-state index in [1.807, 2.05) is 0 Å². The monoisotopic (exact) mass is 251 g/mol. The summed E-state index contributed by atoms with van der Waals surface area (Å²) in [5, 5.41) is 0.612.